The summed E-state index contributed by atoms with van der Waals surface area (Å²) in [6.45, 7) is 0. The van der Waals surface area contributed by atoms with Gasteiger partial charge in [0, 0.05) is 5.56 Å². The molecule has 2 aromatic rings. The Hall–Kier alpha value is -3.15. The maximum absolute atomic E-state index is 12.5. The lowest BCUT2D eigenvalue weighted by Gasteiger charge is -2.09. The van der Waals surface area contributed by atoms with Gasteiger partial charge in [0.1, 0.15) is 5.75 Å². The molecule has 0 aliphatic rings. The third kappa shape index (κ3) is 2.95. The summed E-state index contributed by atoms with van der Waals surface area (Å²) in [6.07, 6.45) is 0. The molecule has 0 unspecified atom stereocenters. The third-order valence-electron chi connectivity index (χ3n) is 3.09. The molecule has 2 N–H and O–H groups in total. The zero-order chi connectivity index (χ0) is 16.3. The molecule has 2 rings (SSSR count). The van der Waals surface area contributed by atoms with Crippen molar-refractivity contribution in [1.82, 2.24) is 0 Å². The minimum atomic E-state index is -1.15. The van der Waals surface area contributed by atoms with Gasteiger partial charge in [-0.25, -0.2) is 9.59 Å². The standard InChI is InChI=1S/C16H12O6/c1-22-13-7-6-11(16(20)21)8-12(13)14(17)9-2-4-10(5-3-9)15(18)19/h2-8H,1H3,(H,18,19)(H,20,21). The van der Waals surface area contributed by atoms with Gasteiger partial charge in [-0.05, 0) is 30.3 Å². The van der Waals surface area contributed by atoms with E-state index in [1.165, 1.54) is 49.6 Å². The Bertz CT molecular complexity index is 746. The highest BCUT2D eigenvalue weighted by Gasteiger charge is 2.17. The van der Waals surface area contributed by atoms with Crippen molar-refractivity contribution in [2.24, 2.45) is 0 Å². The number of aromatic carboxylic acids is 2. The number of carboxylic acid groups (broad SMARTS) is 2. The van der Waals surface area contributed by atoms with Gasteiger partial charge in [-0.2, -0.15) is 0 Å². The number of carbonyl (C=O) groups is 3. The summed E-state index contributed by atoms with van der Waals surface area (Å²) in [5.41, 5.74) is 0.366. The summed E-state index contributed by atoms with van der Waals surface area (Å²) < 4.78 is 5.08. The molecule has 0 atom stereocenters. The van der Waals surface area contributed by atoms with E-state index in [9.17, 15) is 14.4 Å². The highest BCUT2D eigenvalue weighted by molar-refractivity contribution is 6.12. The first-order valence-electron chi connectivity index (χ1n) is 6.23. The first-order valence-corrected chi connectivity index (χ1v) is 6.23. The van der Waals surface area contributed by atoms with Gasteiger partial charge in [0.2, 0.25) is 0 Å². The van der Waals surface area contributed by atoms with Crippen LogP contribution in [0.4, 0.5) is 0 Å². The number of ether oxygens (including phenoxy) is 1. The van der Waals surface area contributed by atoms with Crippen LogP contribution in [-0.2, 0) is 0 Å². The van der Waals surface area contributed by atoms with Crippen LogP contribution >= 0.6 is 0 Å². The minimum Gasteiger partial charge on any atom is -0.496 e. The van der Waals surface area contributed by atoms with Crippen LogP contribution in [0.3, 0.4) is 0 Å². The van der Waals surface area contributed by atoms with E-state index in [4.69, 9.17) is 14.9 Å². The van der Waals surface area contributed by atoms with Gasteiger partial charge in [0.15, 0.2) is 5.78 Å². The van der Waals surface area contributed by atoms with Crippen LogP contribution in [0.25, 0.3) is 0 Å². The van der Waals surface area contributed by atoms with Crippen molar-refractivity contribution < 1.29 is 29.3 Å². The van der Waals surface area contributed by atoms with Crippen molar-refractivity contribution in [3.63, 3.8) is 0 Å². The van der Waals surface area contributed by atoms with E-state index in [-0.39, 0.29) is 28.0 Å². The molecular weight excluding hydrogens is 288 g/mol. The molecule has 22 heavy (non-hydrogen) atoms. The number of benzene rings is 2. The average molecular weight is 300 g/mol. The number of hydrogen-bond donors (Lipinski definition) is 2. The molecule has 0 aromatic heterocycles. The minimum absolute atomic E-state index is 0.0358. The van der Waals surface area contributed by atoms with Crippen LogP contribution in [0, 0.1) is 0 Å². The summed E-state index contributed by atoms with van der Waals surface area (Å²) in [4.78, 5) is 34.3. The van der Waals surface area contributed by atoms with Gasteiger partial charge in [-0.15, -0.1) is 0 Å². The van der Waals surface area contributed by atoms with Gasteiger partial charge < -0.3 is 14.9 Å². The third-order valence-corrected chi connectivity index (χ3v) is 3.09. The molecule has 0 radical (unpaired) electrons. The SMILES string of the molecule is COc1ccc(C(=O)O)cc1C(=O)c1ccc(C(=O)O)cc1. The van der Waals surface area contributed by atoms with E-state index in [1.54, 1.807) is 0 Å². The highest BCUT2D eigenvalue weighted by Crippen LogP contribution is 2.23. The molecule has 0 amide bonds. The summed E-state index contributed by atoms with van der Waals surface area (Å²) in [7, 11) is 1.38. The zero-order valence-electron chi connectivity index (χ0n) is 11.6. The largest absolute Gasteiger partial charge is 0.496 e. The predicted molar refractivity (Wildman–Crippen MR) is 76.8 cm³/mol. The average Bonchev–Trinajstić information content (AvgIpc) is 2.53. The maximum Gasteiger partial charge on any atom is 0.335 e. The van der Waals surface area contributed by atoms with Crippen LogP contribution in [0.2, 0.25) is 0 Å². The Balaban J connectivity index is 2.45. The number of ketones is 1. The van der Waals surface area contributed by atoms with Gasteiger partial charge in [0.05, 0.1) is 23.8 Å². The smallest absolute Gasteiger partial charge is 0.335 e. The van der Waals surface area contributed by atoms with Crippen molar-refractivity contribution in [2.75, 3.05) is 7.11 Å². The van der Waals surface area contributed by atoms with E-state index in [1.807, 2.05) is 0 Å². The second-order valence-corrected chi connectivity index (χ2v) is 4.43. The second-order valence-electron chi connectivity index (χ2n) is 4.43. The van der Waals surface area contributed by atoms with Gasteiger partial charge in [-0.3, -0.25) is 4.79 Å². The van der Waals surface area contributed by atoms with E-state index in [0.717, 1.165) is 0 Å². The zero-order valence-corrected chi connectivity index (χ0v) is 11.6. The first-order chi connectivity index (χ1) is 10.4. The Morgan fingerprint density at radius 1 is 0.818 bits per heavy atom. The summed E-state index contributed by atoms with van der Waals surface area (Å²) in [5, 5.41) is 17.8. The van der Waals surface area contributed by atoms with Gasteiger partial charge in [0.25, 0.3) is 0 Å². The molecule has 0 aliphatic carbocycles. The highest BCUT2D eigenvalue weighted by atomic mass is 16.5. The summed E-state index contributed by atoms with van der Waals surface area (Å²) >= 11 is 0. The molecule has 6 nitrogen and oxygen atoms in total. The quantitative estimate of drug-likeness (QED) is 0.822. The fourth-order valence-corrected chi connectivity index (χ4v) is 1.94. The molecular formula is C16H12O6. The molecule has 0 spiro atoms. The fourth-order valence-electron chi connectivity index (χ4n) is 1.94. The Kier molecular flexibility index (Phi) is 4.22. The number of carbonyl (C=O) groups excluding carboxylic acids is 1. The second kappa shape index (κ2) is 6.09. The van der Waals surface area contributed by atoms with Crippen molar-refractivity contribution in [3.05, 3.63) is 64.7 Å². The van der Waals surface area contributed by atoms with Crippen LogP contribution in [0.1, 0.15) is 36.6 Å². The lowest BCUT2D eigenvalue weighted by atomic mass is 9.99. The Morgan fingerprint density at radius 2 is 1.32 bits per heavy atom. The lowest BCUT2D eigenvalue weighted by molar-refractivity contribution is 0.0685. The summed E-state index contributed by atoms with van der Waals surface area (Å²) in [6, 6.07) is 9.34. The van der Waals surface area contributed by atoms with E-state index in [2.05, 4.69) is 0 Å². The molecule has 0 saturated carbocycles. The number of methoxy groups -OCH3 is 1. The Labute approximate surface area is 125 Å². The molecule has 0 fully saturated rings. The summed E-state index contributed by atoms with van der Waals surface area (Å²) in [5.74, 6) is -2.45. The molecule has 2 aromatic carbocycles. The lowest BCUT2D eigenvalue weighted by Crippen LogP contribution is -2.07. The van der Waals surface area contributed by atoms with Gasteiger partial charge >= 0.3 is 11.9 Å². The topological polar surface area (TPSA) is 101 Å². The van der Waals surface area contributed by atoms with E-state index >= 15 is 0 Å². The fraction of sp³-hybridized carbons (Fsp3) is 0.0625. The first kappa shape index (κ1) is 15.2. The number of rotatable bonds is 5. The maximum atomic E-state index is 12.5. The Morgan fingerprint density at radius 3 is 1.82 bits per heavy atom. The van der Waals surface area contributed by atoms with Crippen LogP contribution in [0.15, 0.2) is 42.5 Å². The van der Waals surface area contributed by atoms with Crippen LogP contribution in [0.5, 0.6) is 5.75 Å². The molecule has 6 heteroatoms. The van der Waals surface area contributed by atoms with E-state index < -0.39 is 17.7 Å². The normalized spacial score (nSPS) is 10.0. The van der Waals surface area contributed by atoms with Crippen molar-refractivity contribution in [1.29, 1.82) is 0 Å². The van der Waals surface area contributed by atoms with Crippen LogP contribution < -0.4 is 4.74 Å². The number of carboxylic acids is 2. The molecule has 0 aliphatic heterocycles. The van der Waals surface area contributed by atoms with E-state index in [0.29, 0.717) is 0 Å². The van der Waals surface area contributed by atoms with Crippen LogP contribution in [-0.4, -0.2) is 35.0 Å². The number of hydrogen-bond acceptors (Lipinski definition) is 4. The molecule has 0 saturated heterocycles. The van der Waals surface area contributed by atoms with Crippen molar-refractivity contribution in [2.45, 2.75) is 0 Å². The van der Waals surface area contributed by atoms with Crippen molar-refractivity contribution >= 4 is 17.7 Å². The predicted octanol–water partition coefficient (Wildman–Crippen LogP) is 2.32. The van der Waals surface area contributed by atoms with Crippen molar-refractivity contribution in [3.8, 4) is 5.75 Å². The monoisotopic (exact) mass is 300 g/mol. The molecule has 112 valence electrons. The molecule has 0 heterocycles. The van der Waals surface area contributed by atoms with Gasteiger partial charge in [-0.1, -0.05) is 12.1 Å². The molecule has 0 bridgehead atoms.